The van der Waals surface area contributed by atoms with Crippen LogP contribution in [0.25, 0.3) is 22.9 Å². The molecule has 4 aromatic rings. The lowest BCUT2D eigenvalue weighted by Gasteiger charge is -2.21. The summed E-state index contributed by atoms with van der Waals surface area (Å²) in [5, 5.41) is 4.84. The number of rotatable bonds is 6. The SMILES string of the molecule is COCc1nn2c3c(cnc2c1-c1ccc(OC)cc1)C(=O)C[C@@H](/C=C/c1ccccc1)C3. The summed E-state index contributed by atoms with van der Waals surface area (Å²) in [5.41, 5.74) is 6.09. The number of hydrogen-bond acceptors (Lipinski definition) is 5. The zero-order valence-corrected chi connectivity index (χ0v) is 18.7. The van der Waals surface area contributed by atoms with Crippen molar-refractivity contribution in [3.8, 4) is 16.9 Å². The summed E-state index contributed by atoms with van der Waals surface area (Å²) in [5.74, 6) is 0.992. The number of fused-ring (bicyclic) bond motifs is 3. The number of carbonyl (C=O) groups is 1. The molecule has 1 atom stereocenters. The van der Waals surface area contributed by atoms with Crippen LogP contribution in [0.2, 0.25) is 0 Å². The van der Waals surface area contributed by atoms with Crippen molar-refractivity contribution in [1.29, 1.82) is 0 Å². The molecule has 0 N–H and O–H groups in total. The average molecular weight is 440 g/mol. The Labute approximate surface area is 192 Å². The van der Waals surface area contributed by atoms with Gasteiger partial charge in [-0.2, -0.15) is 5.10 Å². The highest BCUT2D eigenvalue weighted by Gasteiger charge is 2.28. The molecular formula is C27H25N3O3. The van der Waals surface area contributed by atoms with Gasteiger partial charge >= 0.3 is 0 Å². The maximum Gasteiger partial charge on any atom is 0.166 e. The van der Waals surface area contributed by atoms with E-state index in [-0.39, 0.29) is 11.7 Å². The van der Waals surface area contributed by atoms with E-state index in [1.165, 1.54) is 0 Å². The number of Topliss-reactive ketones (excluding diaryl/α,β-unsaturated/α-hetero) is 1. The predicted octanol–water partition coefficient (Wildman–Crippen LogP) is 5.01. The Morgan fingerprint density at radius 1 is 1.06 bits per heavy atom. The van der Waals surface area contributed by atoms with Crippen LogP contribution in [-0.2, 0) is 17.8 Å². The largest absolute Gasteiger partial charge is 0.497 e. The number of carbonyl (C=O) groups excluding carboxylic acids is 1. The minimum absolute atomic E-state index is 0.100. The summed E-state index contributed by atoms with van der Waals surface area (Å²) < 4.78 is 12.6. The van der Waals surface area contributed by atoms with Crippen molar-refractivity contribution in [2.75, 3.05) is 14.2 Å². The molecule has 0 bridgehead atoms. The smallest absolute Gasteiger partial charge is 0.166 e. The Hall–Kier alpha value is -3.77. The van der Waals surface area contributed by atoms with E-state index in [1.54, 1.807) is 20.4 Å². The van der Waals surface area contributed by atoms with E-state index in [0.29, 0.717) is 18.6 Å². The Morgan fingerprint density at radius 2 is 1.85 bits per heavy atom. The Morgan fingerprint density at radius 3 is 2.58 bits per heavy atom. The summed E-state index contributed by atoms with van der Waals surface area (Å²) in [6.45, 7) is 0.352. The molecule has 0 unspecified atom stereocenters. The molecule has 1 aliphatic rings. The molecular weight excluding hydrogens is 414 g/mol. The first-order valence-electron chi connectivity index (χ1n) is 11.0. The minimum atomic E-state index is 0.100. The molecule has 1 aliphatic carbocycles. The minimum Gasteiger partial charge on any atom is -0.497 e. The standard InChI is InChI=1S/C27H25N3O3/c1-32-17-23-26(20-10-12-21(33-2)13-11-20)27-28-16-22-24(30(27)29-23)14-19(15-25(22)31)9-8-18-6-4-3-5-7-18/h3-13,16,19H,14-15,17H2,1-2H3/b9-8+/t19-/m0/s1. The van der Waals surface area contributed by atoms with Gasteiger partial charge in [-0.1, -0.05) is 54.6 Å². The summed E-state index contributed by atoms with van der Waals surface area (Å²) in [6.07, 6.45) is 7.12. The van der Waals surface area contributed by atoms with Gasteiger partial charge < -0.3 is 9.47 Å². The third-order valence-electron chi connectivity index (χ3n) is 6.04. The average Bonchev–Trinajstić information content (AvgIpc) is 3.22. The Balaban J connectivity index is 1.58. The Kier molecular flexibility index (Phi) is 5.75. The number of nitrogens with zero attached hydrogens (tertiary/aromatic N) is 3. The van der Waals surface area contributed by atoms with Crippen LogP contribution >= 0.6 is 0 Å². The third kappa shape index (κ3) is 4.05. The van der Waals surface area contributed by atoms with Gasteiger partial charge in [0.05, 0.1) is 36.2 Å². The first-order chi connectivity index (χ1) is 16.2. The second-order valence-corrected chi connectivity index (χ2v) is 8.20. The number of ether oxygens (including phenoxy) is 2. The van der Waals surface area contributed by atoms with Gasteiger partial charge in [-0.25, -0.2) is 9.50 Å². The van der Waals surface area contributed by atoms with Crippen LogP contribution in [0.4, 0.5) is 0 Å². The molecule has 166 valence electrons. The zero-order chi connectivity index (χ0) is 22.8. The number of ketones is 1. The molecule has 0 spiro atoms. The van der Waals surface area contributed by atoms with Crippen LogP contribution in [-0.4, -0.2) is 34.6 Å². The third-order valence-corrected chi connectivity index (χ3v) is 6.04. The highest BCUT2D eigenvalue weighted by Crippen LogP contribution is 2.33. The maximum atomic E-state index is 13.0. The van der Waals surface area contributed by atoms with Gasteiger partial charge in [0, 0.05) is 19.7 Å². The zero-order valence-electron chi connectivity index (χ0n) is 18.7. The lowest BCUT2D eigenvalue weighted by atomic mass is 9.86. The van der Waals surface area contributed by atoms with Gasteiger partial charge in [-0.3, -0.25) is 4.79 Å². The van der Waals surface area contributed by atoms with Crippen molar-refractivity contribution in [3.63, 3.8) is 0 Å². The van der Waals surface area contributed by atoms with Crippen molar-refractivity contribution in [2.45, 2.75) is 19.4 Å². The van der Waals surface area contributed by atoms with Gasteiger partial charge in [-0.05, 0) is 35.6 Å². The molecule has 0 saturated carbocycles. The van der Waals surface area contributed by atoms with Crippen molar-refractivity contribution in [2.24, 2.45) is 5.92 Å². The van der Waals surface area contributed by atoms with Crippen molar-refractivity contribution in [1.82, 2.24) is 14.6 Å². The van der Waals surface area contributed by atoms with Gasteiger partial charge in [0.25, 0.3) is 0 Å². The molecule has 2 heterocycles. The number of aromatic nitrogens is 3. The molecule has 2 aromatic heterocycles. The van der Waals surface area contributed by atoms with Crippen LogP contribution in [0, 0.1) is 5.92 Å². The molecule has 6 heteroatoms. The van der Waals surface area contributed by atoms with E-state index in [1.807, 2.05) is 47.0 Å². The van der Waals surface area contributed by atoms with Gasteiger partial charge in [0.15, 0.2) is 11.4 Å². The van der Waals surface area contributed by atoms with E-state index in [0.717, 1.165) is 45.9 Å². The number of allylic oxidation sites excluding steroid dienone is 1. The molecule has 0 amide bonds. The molecule has 5 rings (SSSR count). The number of methoxy groups -OCH3 is 2. The van der Waals surface area contributed by atoms with Crippen molar-refractivity contribution in [3.05, 3.63) is 89.4 Å². The first-order valence-corrected chi connectivity index (χ1v) is 11.0. The molecule has 0 aliphatic heterocycles. The summed E-state index contributed by atoms with van der Waals surface area (Å²) >= 11 is 0. The van der Waals surface area contributed by atoms with Crippen molar-refractivity contribution >= 4 is 17.5 Å². The summed E-state index contributed by atoms with van der Waals surface area (Å²) in [6, 6.07) is 18.0. The van der Waals surface area contributed by atoms with Crippen LogP contribution in [0.5, 0.6) is 5.75 Å². The molecule has 2 aromatic carbocycles. The van der Waals surface area contributed by atoms with Gasteiger partial charge in [0.2, 0.25) is 0 Å². The van der Waals surface area contributed by atoms with Gasteiger partial charge in [0.1, 0.15) is 5.75 Å². The van der Waals surface area contributed by atoms with E-state index in [4.69, 9.17) is 14.6 Å². The summed E-state index contributed by atoms with van der Waals surface area (Å²) in [7, 11) is 3.30. The highest BCUT2D eigenvalue weighted by molar-refractivity contribution is 5.98. The predicted molar refractivity (Wildman–Crippen MR) is 127 cm³/mol. The molecule has 0 fully saturated rings. The number of hydrogen-bond donors (Lipinski definition) is 0. The normalized spacial score (nSPS) is 15.8. The van der Waals surface area contributed by atoms with E-state index in [9.17, 15) is 4.79 Å². The van der Waals surface area contributed by atoms with Crippen LogP contribution in [0.3, 0.4) is 0 Å². The lowest BCUT2D eigenvalue weighted by molar-refractivity contribution is 0.0957. The molecule has 6 nitrogen and oxygen atoms in total. The fourth-order valence-electron chi connectivity index (χ4n) is 4.41. The van der Waals surface area contributed by atoms with E-state index >= 15 is 0 Å². The fourth-order valence-corrected chi connectivity index (χ4v) is 4.41. The quantitative estimate of drug-likeness (QED) is 0.423. The molecule has 0 saturated heterocycles. The number of benzene rings is 2. The van der Waals surface area contributed by atoms with E-state index in [2.05, 4.69) is 29.3 Å². The van der Waals surface area contributed by atoms with E-state index < -0.39 is 0 Å². The topological polar surface area (TPSA) is 65.7 Å². The second-order valence-electron chi connectivity index (χ2n) is 8.20. The van der Waals surface area contributed by atoms with Crippen LogP contribution in [0.1, 0.15) is 33.7 Å². The van der Waals surface area contributed by atoms with Gasteiger partial charge in [-0.15, -0.1) is 0 Å². The fraction of sp³-hybridized carbons (Fsp3) is 0.222. The molecule has 0 radical (unpaired) electrons. The maximum absolute atomic E-state index is 13.0. The summed E-state index contributed by atoms with van der Waals surface area (Å²) in [4.78, 5) is 17.6. The Bertz CT molecular complexity index is 1320. The first kappa shape index (κ1) is 21.1. The van der Waals surface area contributed by atoms with Crippen molar-refractivity contribution < 1.29 is 14.3 Å². The molecule has 33 heavy (non-hydrogen) atoms. The monoisotopic (exact) mass is 439 g/mol. The second kappa shape index (κ2) is 9.00. The highest BCUT2D eigenvalue weighted by atomic mass is 16.5. The van der Waals surface area contributed by atoms with Crippen LogP contribution in [0.15, 0.2) is 66.9 Å². The lowest BCUT2D eigenvalue weighted by Crippen LogP contribution is -2.22. The van der Waals surface area contributed by atoms with Crippen LogP contribution < -0.4 is 4.74 Å².